The second-order valence-corrected chi connectivity index (χ2v) is 9.24. The number of rotatable bonds is 8. The minimum atomic E-state index is -3.73. The zero-order valence-corrected chi connectivity index (χ0v) is 16.5. The Kier molecular flexibility index (Phi) is 6.71. The van der Waals surface area contributed by atoms with Gasteiger partial charge in [-0.25, -0.2) is 13.9 Å². The molecule has 0 aliphatic heterocycles. The van der Waals surface area contributed by atoms with E-state index in [-0.39, 0.29) is 12.2 Å². The molecule has 0 saturated carbocycles. The molecule has 1 atom stereocenters. The van der Waals surface area contributed by atoms with E-state index in [2.05, 4.69) is 0 Å². The SMILES string of the molecule is C[C@@](CCc1ccc(-c2ccc(C(=O)CO)cc2)cc1)(C(=O)NO)S(C)(=O)=O. The third-order valence-corrected chi connectivity index (χ3v) is 6.95. The molecule has 0 aliphatic carbocycles. The van der Waals surface area contributed by atoms with Crippen LogP contribution in [0.4, 0.5) is 0 Å². The third-order valence-electron chi connectivity index (χ3n) is 4.93. The van der Waals surface area contributed by atoms with Gasteiger partial charge in [0.2, 0.25) is 0 Å². The number of benzene rings is 2. The van der Waals surface area contributed by atoms with Crippen molar-refractivity contribution >= 4 is 21.5 Å². The molecule has 0 aromatic heterocycles. The molecule has 0 unspecified atom stereocenters. The van der Waals surface area contributed by atoms with Gasteiger partial charge >= 0.3 is 0 Å². The van der Waals surface area contributed by atoms with Crippen molar-refractivity contribution in [2.45, 2.75) is 24.5 Å². The molecule has 0 bridgehead atoms. The Morgan fingerprint density at radius 2 is 1.50 bits per heavy atom. The lowest BCUT2D eigenvalue weighted by atomic mass is 9.97. The van der Waals surface area contributed by atoms with Gasteiger partial charge in [0.25, 0.3) is 5.91 Å². The van der Waals surface area contributed by atoms with Crippen LogP contribution in [0.3, 0.4) is 0 Å². The summed E-state index contributed by atoms with van der Waals surface area (Å²) in [6.45, 7) is 0.756. The number of nitrogens with one attached hydrogen (secondary N) is 1. The number of aliphatic hydroxyl groups is 1. The van der Waals surface area contributed by atoms with Crippen molar-refractivity contribution in [2.75, 3.05) is 12.9 Å². The van der Waals surface area contributed by atoms with Crippen LogP contribution >= 0.6 is 0 Å². The molecule has 0 saturated heterocycles. The van der Waals surface area contributed by atoms with Crippen molar-refractivity contribution in [1.29, 1.82) is 0 Å². The minimum absolute atomic E-state index is 0.0234. The molecule has 0 radical (unpaired) electrons. The second kappa shape index (κ2) is 8.64. The molecule has 0 aliphatic rings. The fraction of sp³-hybridized carbons (Fsp3) is 0.300. The maximum atomic E-state index is 12.0. The summed E-state index contributed by atoms with van der Waals surface area (Å²) in [5.41, 5.74) is 4.52. The standard InChI is InChI=1S/C20H23NO6S/c1-20(19(24)21-25,28(2,26)27)12-11-14-3-5-15(6-4-14)16-7-9-17(10-8-16)18(23)13-22/h3-10,22,25H,11-13H2,1-2H3,(H,21,24)/t20-/m1/s1. The summed E-state index contributed by atoms with van der Waals surface area (Å²) in [5.74, 6) is -1.30. The molecule has 28 heavy (non-hydrogen) atoms. The first kappa shape index (κ1) is 21.7. The van der Waals surface area contributed by atoms with Crippen LogP contribution in [0.5, 0.6) is 0 Å². The van der Waals surface area contributed by atoms with Crippen molar-refractivity contribution < 1.29 is 28.3 Å². The van der Waals surface area contributed by atoms with Crippen molar-refractivity contribution in [3.63, 3.8) is 0 Å². The maximum absolute atomic E-state index is 12.0. The summed E-state index contributed by atoms with van der Waals surface area (Å²) in [6.07, 6.45) is 1.33. The summed E-state index contributed by atoms with van der Waals surface area (Å²) < 4.78 is 22.3. The molecule has 0 fully saturated rings. The highest BCUT2D eigenvalue weighted by Crippen LogP contribution is 2.25. The fourth-order valence-electron chi connectivity index (χ4n) is 2.77. The minimum Gasteiger partial charge on any atom is -0.388 e. The third kappa shape index (κ3) is 4.64. The highest BCUT2D eigenvalue weighted by atomic mass is 32.2. The quantitative estimate of drug-likeness (QED) is 0.350. The number of ketones is 1. The van der Waals surface area contributed by atoms with E-state index in [0.29, 0.717) is 12.0 Å². The zero-order valence-electron chi connectivity index (χ0n) is 15.7. The molecule has 2 aromatic rings. The van der Waals surface area contributed by atoms with Crippen LogP contribution in [0.2, 0.25) is 0 Å². The summed E-state index contributed by atoms with van der Waals surface area (Å²) in [6, 6.07) is 14.3. The molecular formula is C20H23NO6S. The molecule has 2 aromatic carbocycles. The van der Waals surface area contributed by atoms with Gasteiger partial charge in [-0.1, -0.05) is 48.5 Å². The summed E-state index contributed by atoms with van der Waals surface area (Å²) in [7, 11) is -3.73. The van der Waals surface area contributed by atoms with E-state index in [1.807, 2.05) is 24.3 Å². The van der Waals surface area contributed by atoms with E-state index < -0.39 is 27.1 Å². The van der Waals surface area contributed by atoms with E-state index in [1.165, 1.54) is 12.4 Å². The van der Waals surface area contributed by atoms with Crippen LogP contribution in [-0.4, -0.2) is 48.0 Å². The van der Waals surface area contributed by atoms with Gasteiger partial charge in [0.15, 0.2) is 15.6 Å². The first-order valence-corrected chi connectivity index (χ1v) is 10.5. The number of carbonyl (C=O) groups excluding carboxylic acids is 2. The van der Waals surface area contributed by atoms with Gasteiger partial charge < -0.3 is 5.11 Å². The van der Waals surface area contributed by atoms with Gasteiger partial charge in [-0.3, -0.25) is 14.8 Å². The second-order valence-electron chi connectivity index (χ2n) is 6.80. The predicted molar refractivity (Wildman–Crippen MR) is 105 cm³/mol. The van der Waals surface area contributed by atoms with Gasteiger partial charge in [-0.05, 0) is 36.5 Å². The van der Waals surface area contributed by atoms with Crippen LogP contribution in [0.1, 0.15) is 29.3 Å². The number of hydrogen-bond acceptors (Lipinski definition) is 6. The largest absolute Gasteiger partial charge is 0.388 e. The predicted octanol–water partition coefficient (Wildman–Crippen LogP) is 1.77. The van der Waals surface area contributed by atoms with Crippen molar-refractivity contribution in [1.82, 2.24) is 5.48 Å². The Morgan fingerprint density at radius 3 is 1.93 bits per heavy atom. The monoisotopic (exact) mass is 405 g/mol. The van der Waals surface area contributed by atoms with Crippen LogP contribution < -0.4 is 5.48 Å². The van der Waals surface area contributed by atoms with E-state index in [4.69, 9.17) is 10.3 Å². The van der Waals surface area contributed by atoms with Crippen LogP contribution in [-0.2, 0) is 21.1 Å². The Hall–Kier alpha value is -2.55. The normalized spacial score (nSPS) is 13.6. The van der Waals surface area contributed by atoms with Gasteiger partial charge in [0.05, 0.1) is 0 Å². The first-order chi connectivity index (χ1) is 13.1. The van der Waals surface area contributed by atoms with Gasteiger partial charge in [0, 0.05) is 11.8 Å². The number of carbonyl (C=O) groups is 2. The molecule has 150 valence electrons. The molecule has 8 heteroatoms. The lowest BCUT2D eigenvalue weighted by Crippen LogP contribution is -2.49. The fourth-order valence-corrected chi connectivity index (χ4v) is 3.63. The molecule has 1 amide bonds. The summed E-state index contributed by atoms with van der Waals surface area (Å²) >= 11 is 0. The number of sulfone groups is 1. The molecule has 7 nitrogen and oxygen atoms in total. The molecule has 0 spiro atoms. The average Bonchev–Trinajstić information content (AvgIpc) is 2.70. The zero-order chi connectivity index (χ0) is 20.9. The van der Waals surface area contributed by atoms with Crippen LogP contribution in [0.15, 0.2) is 48.5 Å². The summed E-state index contributed by atoms with van der Waals surface area (Å²) in [4.78, 5) is 23.3. The number of aliphatic hydroxyl groups excluding tert-OH is 1. The number of amides is 1. The van der Waals surface area contributed by atoms with Crippen molar-refractivity contribution in [3.8, 4) is 11.1 Å². The number of aryl methyl sites for hydroxylation is 1. The van der Waals surface area contributed by atoms with Gasteiger partial charge in [0.1, 0.15) is 11.4 Å². The lowest BCUT2D eigenvalue weighted by Gasteiger charge is -2.25. The maximum Gasteiger partial charge on any atom is 0.264 e. The molecule has 2 rings (SSSR count). The Labute approximate surface area is 163 Å². The Bertz CT molecular complexity index is 951. The number of hydroxylamine groups is 1. The van der Waals surface area contributed by atoms with E-state index >= 15 is 0 Å². The van der Waals surface area contributed by atoms with Gasteiger partial charge in [-0.15, -0.1) is 0 Å². The smallest absolute Gasteiger partial charge is 0.264 e. The van der Waals surface area contributed by atoms with Crippen LogP contribution in [0.25, 0.3) is 11.1 Å². The summed E-state index contributed by atoms with van der Waals surface area (Å²) in [5, 5.41) is 17.8. The highest BCUT2D eigenvalue weighted by Gasteiger charge is 2.43. The Balaban J connectivity index is 2.14. The molecular weight excluding hydrogens is 382 g/mol. The highest BCUT2D eigenvalue weighted by molar-refractivity contribution is 7.92. The topological polar surface area (TPSA) is 121 Å². The number of hydrogen-bond donors (Lipinski definition) is 3. The Morgan fingerprint density at radius 1 is 1.00 bits per heavy atom. The van der Waals surface area contributed by atoms with Crippen molar-refractivity contribution in [2.24, 2.45) is 0 Å². The molecule has 3 N–H and O–H groups in total. The average molecular weight is 405 g/mol. The van der Waals surface area contributed by atoms with E-state index in [0.717, 1.165) is 22.9 Å². The van der Waals surface area contributed by atoms with E-state index in [1.54, 1.807) is 24.3 Å². The van der Waals surface area contributed by atoms with Gasteiger partial charge in [-0.2, -0.15) is 0 Å². The number of Topliss-reactive ketones (excluding diaryl/α,β-unsaturated/α-hetero) is 1. The van der Waals surface area contributed by atoms with E-state index in [9.17, 15) is 18.0 Å². The van der Waals surface area contributed by atoms with Crippen LogP contribution in [0, 0.1) is 0 Å². The lowest BCUT2D eigenvalue weighted by molar-refractivity contribution is -0.131. The van der Waals surface area contributed by atoms with Crippen molar-refractivity contribution in [3.05, 3.63) is 59.7 Å². The first-order valence-electron chi connectivity index (χ1n) is 8.60. The molecule has 0 heterocycles.